The molecule has 7 heteroatoms. The maximum absolute atomic E-state index is 12.2. The van der Waals surface area contributed by atoms with Crippen molar-refractivity contribution in [2.75, 3.05) is 20.1 Å². The Balaban J connectivity index is 1.72. The van der Waals surface area contributed by atoms with Crippen molar-refractivity contribution in [3.63, 3.8) is 0 Å². The monoisotopic (exact) mass is 251 g/mol. The number of carbonyl (C=O) groups excluding carboxylic acids is 1. The molecule has 0 spiro atoms. The van der Waals surface area contributed by atoms with Crippen molar-refractivity contribution in [1.29, 1.82) is 0 Å². The molecule has 0 aromatic carbocycles. The molecule has 2 heterocycles. The lowest BCUT2D eigenvalue weighted by atomic mass is 10.2. The Morgan fingerprint density at radius 1 is 1.44 bits per heavy atom. The molecule has 1 saturated carbocycles. The Morgan fingerprint density at radius 2 is 2.22 bits per heavy atom. The summed E-state index contributed by atoms with van der Waals surface area (Å²) in [5, 5.41) is 19.6. The van der Waals surface area contributed by atoms with E-state index >= 15 is 0 Å². The number of hydrogen-bond donors (Lipinski definition) is 3. The van der Waals surface area contributed by atoms with Crippen LogP contribution >= 0.6 is 0 Å². The van der Waals surface area contributed by atoms with Crippen LogP contribution in [0.3, 0.4) is 0 Å². The number of rotatable bonds is 3. The summed E-state index contributed by atoms with van der Waals surface area (Å²) in [4.78, 5) is 17.9. The van der Waals surface area contributed by atoms with Gasteiger partial charge in [0.25, 0.3) is 5.91 Å². The Morgan fingerprint density at radius 3 is 2.83 bits per heavy atom. The molecule has 2 aliphatic rings. The van der Waals surface area contributed by atoms with Crippen LogP contribution in [0.15, 0.2) is 0 Å². The van der Waals surface area contributed by atoms with Gasteiger partial charge in [-0.05, 0) is 12.8 Å². The van der Waals surface area contributed by atoms with E-state index in [-0.39, 0.29) is 17.8 Å². The van der Waals surface area contributed by atoms with Gasteiger partial charge in [0.1, 0.15) is 5.82 Å². The van der Waals surface area contributed by atoms with Gasteiger partial charge in [-0.15, -0.1) is 5.10 Å². The Kier molecular flexibility index (Phi) is 2.79. The fourth-order valence-corrected chi connectivity index (χ4v) is 2.26. The van der Waals surface area contributed by atoms with Gasteiger partial charge in [-0.1, -0.05) is 0 Å². The van der Waals surface area contributed by atoms with Gasteiger partial charge in [0.05, 0.1) is 12.1 Å². The first-order chi connectivity index (χ1) is 8.66. The molecule has 7 nitrogen and oxygen atoms in total. The predicted octanol–water partition coefficient (Wildman–Crippen LogP) is -0.913. The van der Waals surface area contributed by atoms with Crippen LogP contribution in [0.4, 0.5) is 0 Å². The van der Waals surface area contributed by atoms with Gasteiger partial charge in [0, 0.05) is 26.1 Å². The zero-order valence-electron chi connectivity index (χ0n) is 10.3. The number of aromatic nitrogens is 3. The van der Waals surface area contributed by atoms with E-state index in [9.17, 15) is 9.90 Å². The number of aliphatic hydroxyl groups excluding tert-OH is 1. The van der Waals surface area contributed by atoms with E-state index in [1.807, 2.05) is 0 Å². The van der Waals surface area contributed by atoms with Crippen LogP contribution in [-0.4, -0.2) is 63.4 Å². The summed E-state index contributed by atoms with van der Waals surface area (Å²) in [5.41, 5.74) is 0. The average molecular weight is 251 g/mol. The van der Waals surface area contributed by atoms with Crippen LogP contribution in [0.5, 0.6) is 0 Å². The Hall–Kier alpha value is -1.47. The maximum Gasteiger partial charge on any atom is 0.293 e. The zero-order chi connectivity index (χ0) is 12.7. The second-order valence-corrected chi connectivity index (χ2v) is 5.03. The van der Waals surface area contributed by atoms with Crippen molar-refractivity contribution in [1.82, 2.24) is 25.4 Å². The molecule has 1 saturated heterocycles. The highest BCUT2D eigenvalue weighted by Gasteiger charge is 2.34. The lowest BCUT2D eigenvalue weighted by Gasteiger charge is -2.25. The number of H-pyrrole nitrogens is 1. The van der Waals surface area contributed by atoms with Gasteiger partial charge in [-0.25, -0.2) is 4.98 Å². The number of nitrogens with one attached hydrogen (secondary N) is 2. The minimum absolute atomic E-state index is 0.193. The molecule has 1 aliphatic heterocycles. The van der Waals surface area contributed by atoms with Crippen molar-refractivity contribution in [2.45, 2.75) is 30.9 Å². The topological polar surface area (TPSA) is 94.1 Å². The standard InChI is InChI=1S/C11H17N5O2/c1-16(7-4-12-5-8(7)17)11(18)10-13-9(14-15-10)6-2-3-6/h6-8,12,17H,2-5H2,1H3,(H,13,14,15)/t7-,8-/m0/s1. The number of amides is 1. The zero-order valence-corrected chi connectivity index (χ0v) is 10.3. The molecule has 1 amide bonds. The highest BCUT2D eigenvalue weighted by molar-refractivity contribution is 5.90. The number of likely N-dealkylation sites (N-methyl/N-ethyl adjacent to an activating group) is 1. The van der Waals surface area contributed by atoms with E-state index in [0.717, 1.165) is 18.7 Å². The van der Waals surface area contributed by atoms with Gasteiger partial charge >= 0.3 is 0 Å². The summed E-state index contributed by atoms with van der Waals surface area (Å²) in [5.74, 6) is 1.20. The third kappa shape index (κ3) is 1.99. The minimum atomic E-state index is -0.527. The summed E-state index contributed by atoms with van der Waals surface area (Å²) in [6.07, 6.45) is 1.70. The van der Waals surface area contributed by atoms with Gasteiger partial charge in [0.15, 0.2) is 0 Å². The fraction of sp³-hybridized carbons (Fsp3) is 0.727. The highest BCUT2D eigenvalue weighted by atomic mass is 16.3. The van der Waals surface area contributed by atoms with E-state index in [1.165, 1.54) is 4.90 Å². The molecular weight excluding hydrogens is 234 g/mol. The number of carbonyl (C=O) groups is 1. The number of β-amino-alcohol motifs (C(OH)–C–C–N with tert-alkyl or cyclic N) is 1. The minimum Gasteiger partial charge on any atom is -0.390 e. The largest absolute Gasteiger partial charge is 0.390 e. The number of nitrogens with zero attached hydrogens (tertiary/aromatic N) is 3. The molecule has 2 atom stereocenters. The van der Waals surface area contributed by atoms with Crippen LogP contribution in [0.25, 0.3) is 0 Å². The third-order valence-electron chi connectivity index (χ3n) is 3.63. The summed E-state index contributed by atoms with van der Waals surface area (Å²) in [7, 11) is 1.68. The van der Waals surface area contributed by atoms with E-state index in [4.69, 9.17) is 0 Å². The van der Waals surface area contributed by atoms with Crippen LogP contribution < -0.4 is 5.32 Å². The Bertz CT molecular complexity index is 456. The quantitative estimate of drug-likeness (QED) is 0.646. The Labute approximate surface area is 105 Å². The summed E-state index contributed by atoms with van der Waals surface area (Å²) < 4.78 is 0. The summed E-state index contributed by atoms with van der Waals surface area (Å²) in [6, 6.07) is -0.208. The lowest BCUT2D eigenvalue weighted by Crippen LogP contribution is -2.44. The predicted molar refractivity (Wildman–Crippen MR) is 63.1 cm³/mol. The molecule has 1 aromatic heterocycles. The molecule has 18 heavy (non-hydrogen) atoms. The molecule has 0 bridgehead atoms. The number of aliphatic hydroxyl groups is 1. The fourth-order valence-electron chi connectivity index (χ4n) is 2.26. The van der Waals surface area contributed by atoms with Crippen molar-refractivity contribution >= 4 is 5.91 Å². The van der Waals surface area contributed by atoms with Crippen LogP contribution in [0, 0.1) is 0 Å². The second-order valence-electron chi connectivity index (χ2n) is 5.03. The molecule has 0 radical (unpaired) electrons. The SMILES string of the molecule is CN(C(=O)c1n[nH]c(C2CC2)n1)[C@H]1CNC[C@@H]1O. The number of aromatic amines is 1. The van der Waals surface area contributed by atoms with Crippen LogP contribution in [0.2, 0.25) is 0 Å². The molecule has 1 aliphatic carbocycles. The van der Waals surface area contributed by atoms with E-state index in [2.05, 4.69) is 20.5 Å². The van der Waals surface area contributed by atoms with Gasteiger partial charge in [-0.3, -0.25) is 9.89 Å². The van der Waals surface area contributed by atoms with Gasteiger partial charge in [0.2, 0.25) is 5.82 Å². The van der Waals surface area contributed by atoms with E-state index < -0.39 is 6.10 Å². The number of hydrogen-bond acceptors (Lipinski definition) is 5. The van der Waals surface area contributed by atoms with Crippen LogP contribution in [0.1, 0.15) is 35.2 Å². The van der Waals surface area contributed by atoms with Crippen molar-refractivity contribution in [2.24, 2.45) is 0 Å². The van der Waals surface area contributed by atoms with Crippen LogP contribution in [-0.2, 0) is 0 Å². The molecule has 98 valence electrons. The highest BCUT2D eigenvalue weighted by Crippen LogP contribution is 2.37. The molecule has 1 aromatic rings. The molecule has 3 N–H and O–H groups in total. The van der Waals surface area contributed by atoms with Crippen molar-refractivity contribution in [3.05, 3.63) is 11.6 Å². The average Bonchev–Trinajstić information content (AvgIpc) is 2.94. The smallest absolute Gasteiger partial charge is 0.293 e. The van der Waals surface area contributed by atoms with E-state index in [1.54, 1.807) is 7.05 Å². The first-order valence-corrected chi connectivity index (χ1v) is 6.25. The maximum atomic E-state index is 12.2. The third-order valence-corrected chi connectivity index (χ3v) is 3.63. The first-order valence-electron chi connectivity index (χ1n) is 6.25. The molecule has 0 unspecified atom stereocenters. The molecule has 2 fully saturated rings. The van der Waals surface area contributed by atoms with Gasteiger partial charge in [-0.2, -0.15) is 0 Å². The second kappa shape index (κ2) is 4.33. The van der Waals surface area contributed by atoms with Crippen molar-refractivity contribution in [3.8, 4) is 0 Å². The lowest BCUT2D eigenvalue weighted by molar-refractivity contribution is 0.0570. The van der Waals surface area contributed by atoms with Gasteiger partial charge < -0.3 is 15.3 Å². The molecular formula is C11H17N5O2. The molecule has 3 rings (SSSR count). The summed E-state index contributed by atoms with van der Waals surface area (Å²) in [6.45, 7) is 1.12. The van der Waals surface area contributed by atoms with Crippen molar-refractivity contribution < 1.29 is 9.90 Å². The normalized spacial score (nSPS) is 27.4. The summed E-state index contributed by atoms with van der Waals surface area (Å²) >= 11 is 0. The first kappa shape index (κ1) is 11.6. The van der Waals surface area contributed by atoms with E-state index in [0.29, 0.717) is 19.0 Å².